The molecule has 0 radical (unpaired) electrons. The van der Waals surface area contributed by atoms with Gasteiger partial charge in [-0.3, -0.25) is 9.59 Å². The molecule has 166 valence electrons. The molecule has 2 aliphatic rings. The van der Waals surface area contributed by atoms with Gasteiger partial charge in [-0.1, -0.05) is 13.8 Å². The first-order valence-corrected chi connectivity index (χ1v) is 11.1. The molecule has 0 spiro atoms. The molecule has 4 rings (SSSR count). The van der Waals surface area contributed by atoms with E-state index >= 15 is 0 Å². The van der Waals surface area contributed by atoms with Gasteiger partial charge in [0.25, 0.3) is 5.91 Å². The van der Waals surface area contributed by atoms with E-state index in [1.165, 1.54) is 6.26 Å². The fourth-order valence-electron chi connectivity index (χ4n) is 4.33. The minimum absolute atomic E-state index is 0.132. The van der Waals surface area contributed by atoms with Crippen molar-refractivity contribution in [3.63, 3.8) is 0 Å². The fourth-order valence-corrected chi connectivity index (χ4v) is 4.33. The summed E-state index contributed by atoms with van der Waals surface area (Å²) in [5, 5.41) is 0. The number of carbonyl (C=O) groups excluding carboxylic acids is 2. The van der Waals surface area contributed by atoms with E-state index in [9.17, 15) is 9.59 Å². The zero-order valence-corrected chi connectivity index (χ0v) is 18.6. The largest absolute Gasteiger partial charge is 0.459 e. The Kier molecular flexibility index (Phi) is 6.25. The molecule has 8 heteroatoms. The van der Waals surface area contributed by atoms with Gasteiger partial charge in [0.2, 0.25) is 5.91 Å². The SMILES string of the molecule is Cc1cc(N2CCN(C(=O)C3CCCN(C(=O)c4ccco4)C3)CC2)nc(C(C)C)n1. The van der Waals surface area contributed by atoms with E-state index < -0.39 is 0 Å². The van der Waals surface area contributed by atoms with Gasteiger partial charge in [-0.05, 0) is 31.9 Å². The monoisotopic (exact) mass is 425 g/mol. The molecule has 2 saturated heterocycles. The van der Waals surface area contributed by atoms with Crippen LogP contribution in [0.4, 0.5) is 5.82 Å². The van der Waals surface area contributed by atoms with Crippen LogP contribution < -0.4 is 4.90 Å². The first kappa shape index (κ1) is 21.3. The van der Waals surface area contributed by atoms with Crippen molar-refractivity contribution in [3.05, 3.63) is 41.7 Å². The predicted octanol–water partition coefficient (Wildman–Crippen LogP) is 2.70. The van der Waals surface area contributed by atoms with Crippen LogP contribution >= 0.6 is 0 Å². The van der Waals surface area contributed by atoms with Crippen molar-refractivity contribution in [2.24, 2.45) is 5.92 Å². The van der Waals surface area contributed by atoms with E-state index in [0.29, 0.717) is 31.9 Å². The number of aryl methyl sites for hydroxylation is 1. The molecule has 0 saturated carbocycles. The highest BCUT2D eigenvalue weighted by molar-refractivity contribution is 5.92. The van der Waals surface area contributed by atoms with E-state index in [0.717, 1.165) is 43.3 Å². The van der Waals surface area contributed by atoms with Gasteiger partial charge >= 0.3 is 0 Å². The molecule has 0 N–H and O–H groups in total. The van der Waals surface area contributed by atoms with Crippen LogP contribution in [0.1, 0.15) is 54.7 Å². The quantitative estimate of drug-likeness (QED) is 0.749. The summed E-state index contributed by atoms with van der Waals surface area (Å²) in [6, 6.07) is 5.40. The van der Waals surface area contributed by atoms with Crippen LogP contribution in [0.5, 0.6) is 0 Å². The minimum atomic E-state index is -0.145. The summed E-state index contributed by atoms with van der Waals surface area (Å²) in [5.74, 6) is 2.29. The number of nitrogens with zero attached hydrogens (tertiary/aromatic N) is 5. The number of amides is 2. The summed E-state index contributed by atoms with van der Waals surface area (Å²) in [6.45, 7) is 10.2. The molecule has 2 aromatic heterocycles. The van der Waals surface area contributed by atoms with Gasteiger partial charge in [-0.15, -0.1) is 0 Å². The number of carbonyl (C=O) groups is 2. The highest BCUT2D eigenvalue weighted by Gasteiger charge is 2.33. The second-order valence-corrected chi connectivity index (χ2v) is 8.76. The molecule has 4 heterocycles. The second kappa shape index (κ2) is 9.08. The second-order valence-electron chi connectivity index (χ2n) is 8.76. The van der Waals surface area contributed by atoms with Crippen LogP contribution in [-0.4, -0.2) is 70.9 Å². The van der Waals surface area contributed by atoms with Crippen molar-refractivity contribution < 1.29 is 14.0 Å². The van der Waals surface area contributed by atoms with Gasteiger partial charge in [0.1, 0.15) is 11.6 Å². The Morgan fingerprint density at radius 2 is 1.87 bits per heavy atom. The van der Waals surface area contributed by atoms with Crippen LogP contribution in [0.3, 0.4) is 0 Å². The molecule has 1 atom stereocenters. The number of piperidine rings is 1. The average Bonchev–Trinajstić information content (AvgIpc) is 3.33. The van der Waals surface area contributed by atoms with Crippen molar-refractivity contribution in [2.75, 3.05) is 44.2 Å². The zero-order chi connectivity index (χ0) is 22.0. The Morgan fingerprint density at radius 1 is 1.10 bits per heavy atom. The number of furan rings is 1. The molecule has 2 aliphatic heterocycles. The van der Waals surface area contributed by atoms with Crippen molar-refractivity contribution in [3.8, 4) is 0 Å². The summed E-state index contributed by atoms with van der Waals surface area (Å²) in [6.07, 6.45) is 3.16. The number of rotatable bonds is 4. The maximum atomic E-state index is 13.2. The maximum absolute atomic E-state index is 13.2. The van der Waals surface area contributed by atoms with Crippen molar-refractivity contribution >= 4 is 17.6 Å². The fraction of sp³-hybridized carbons (Fsp3) is 0.565. The zero-order valence-electron chi connectivity index (χ0n) is 18.6. The smallest absolute Gasteiger partial charge is 0.289 e. The average molecular weight is 426 g/mol. The first-order valence-electron chi connectivity index (χ1n) is 11.1. The lowest BCUT2D eigenvalue weighted by Gasteiger charge is -2.39. The molecule has 31 heavy (non-hydrogen) atoms. The summed E-state index contributed by atoms with van der Waals surface area (Å²) >= 11 is 0. The maximum Gasteiger partial charge on any atom is 0.289 e. The van der Waals surface area contributed by atoms with Crippen LogP contribution in [0, 0.1) is 12.8 Å². The Bertz CT molecular complexity index is 919. The predicted molar refractivity (Wildman–Crippen MR) is 117 cm³/mol. The molecule has 0 bridgehead atoms. The molecule has 0 aromatic carbocycles. The van der Waals surface area contributed by atoms with E-state index in [-0.39, 0.29) is 23.7 Å². The molecule has 0 aliphatic carbocycles. The summed E-state index contributed by atoms with van der Waals surface area (Å²) in [4.78, 5) is 41.0. The normalized spacial score (nSPS) is 19.7. The lowest BCUT2D eigenvalue weighted by atomic mass is 9.96. The number of hydrogen-bond acceptors (Lipinski definition) is 6. The van der Waals surface area contributed by atoms with Gasteiger partial charge in [-0.2, -0.15) is 0 Å². The third kappa shape index (κ3) is 4.73. The number of hydrogen-bond donors (Lipinski definition) is 0. The first-order chi connectivity index (χ1) is 14.9. The molecule has 2 amide bonds. The molecule has 8 nitrogen and oxygen atoms in total. The van der Waals surface area contributed by atoms with Gasteiger partial charge < -0.3 is 19.1 Å². The number of piperazine rings is 1. The van der Waals surface area contributed by atoms with E-state index in [2.05, 4.69) is 23.7 Å². The topological polar surface area (TPSA) is 82.8 Å². The molecule has 2 fully saturated rings. The van der Waals surface area contributed by atoms with Crippen LogP contribution in [0.25, 0.3) is 0 Å². The number of likely N-dealkylation sites (tertiary alicyclic amines) is 1. The van der Waals surface area contributed by atoms with Crippen LogP contribution in [-0.2, 0) is 4.79 Å². The Labute approximate surface area is 183 Å². The van der Waals surface area contributed by atoms with Gasteiger partial charge in [0, 0.05) is 56.9 Å². The Morgan fingerprint density at radius 3 is 2.55 bits per heavy atom. The van der Waals surface area contributed by atoms with Gasteiger partial charge in [0.05, 0.1) is 12.2 Å². The van der Waals surface area contributed by atoms with E-state index in [4.69, 9.17) is 9.40 Å². The molecular formula is C23H31N5O3. The number of aromatic nitrogens is 2. The summed E-state index contributed by atoms with van der Waals surface area (Å²) in [7, 11) is 0. The molecule has 2 aromatic rings. The lowest BCUT2D eigenvalue weighted by Crippen LogP contribution is -2.53. The van der Waals surface area contributed by atoms with Crippen LogP contribution in [0.2, 0.25) is 0 Å². The third-order valence-corrected chi connectivity index (χ3v) is 6.08. The Hall–Kier alpha value is -2.90. The Balaban J connectivity index is 1.35. The molecular weight excluding hydrogens is 394 g/mol. The van der Waals surface area contributed by atoms with Crippen molar-refractivity contribution in [2.45, 2.75) is 39.5 Å². The third-order valence-electron chi connectivity index (χ3n) is 6.08. The lowest BCUT2D eigenvalue weighted by molar-refractivity contribution is -0.137. The van der Waals surface area contributed by atoms with Crippen molar-refractivity contribution in [1.82, 2.24) is 19.8 Å². The van der Waals surface area contributed by atoms with Crippen LogP contribution in [0.15, 0.2) is 28.9 Å². The standard InChI is InChI=1S/C23H31N5O3/c1-16(2)21-24-17(3)14-20(25-21)26-9-11-27(12-10-26)22(29)18-6-4-8-28(15-18)23(30)19-7-5-13-31-19/h5,7,13-14,16,18H,4,6,8-12,15H2,1-3H3. The van der Waals surface area contributed by atoms with E-state index in [1.54, 1.807) is 17.0 Å². The highest BCUT2D eigenvalue weighted by Crippen LogP contribution is 2.23. The minimum Gasteiger partial charge on any atom is -0.459 e. The molecule has 1 unspecified atom stereocenters. The van der Waals surface area contributed by atoms with E-state index in [1.807, 2.05) is 17.9 Å². The van der Waals surface area contributed by atoms with Gasteiger partial charge in [0.15, 0.2) is 5.76 Å². The summed E-state index contributed by atoms with van der Waals surface area (Å²) < 4.78 is 5.24. The highest BCUT2D eigenvalue weighted by atomic mass is 16.3. The number of anilines is 1. The van der Waals surface area contributed by atoms with Gasteiger partial charge in [-0.25, -0.2) is 9.97 Å². The summed E-state index contributed by atoms with van der Waals surface area (Å²) in [5.41, 5.74) is 0.968. The van der Waals surface area contributed by atoms with Crippen molar-refractivity contribution in [1.29, 1.82) is 0 Å².